The Morgan fingerprint density at radius 3 is 2.73 bits per heavy atom. The van der Waals surface area contributed by atoms with E-state index in [2.05, 4.69) is 0 Å². The van der Waals surface area contributed by atoms with E-state index >= 15 is 0 Å². The average Bonchev–Trinajstić information content (AvgIpc) is 3.32. The van der Waals surface area contributed by atoms with Gasteiger partial charge in [-0.05, 0) is 12.5 Å². The van der Waals surface area contributed by atoms with Gasteiger partial charge in [-0.2, -0.15) is 0 Å². The van der Waals surface area contributed by atoms with Crippen molar-refractivity contribution in [3.8, 4) is 0 Å². The molecule has 0 spiro atoms. The molecule has 2 aromatic rings. The quantitative estimate of drug-likeness (QED) is 0.941. The van der Waals surface area contributed by atoms with Crippen LogP contribution in [0.4, 0.5) is 0 Å². The van der Waals surface area contributed by atoms with Crippen LogP contribution in [0.25, 0.3) is 10.9 Å². The van der Waals surface area contributed by atoms with Crippen LogP contribution < -0.4 is 0 Å². The van der Waals surface area contributed by atoms with Gasteiger partial charge in [0.2, 0.25) is 5.91 Å². The standard InChI is InChI=1S/C17H16N2O3/c20-16(21)10-19-14-4-2-1-3-12(14)13-9-18(8-7-15(13)19)17(22)11-5-6-11/h1-5H,6-10H2,(H,20,21). The molecule has 1 aromatic carbocycles. The zero-order valence-corrected chi connectivity index (χ0v) is 12.1. The van der Waals surface area contributed by atoms with Gasteiger partial charge < -0.3 is 14.6 Å². The number of fused-ring (bicyclic) bond motifs is 3. The van der Waals surface area contributed by atoms with Crippen LogP contribution in [0.5, 0.6) is 0 Å². The molecule has 0 atom stereocenters. The molecule has 0 saturated heterocycles. The topological polar surface area (TPSA) is 62.5 Å². The van der Waals surface area contributed by atoms with Gasteiger partial charge in [0.25, 0.3) is 0 Å². The lowest BCUT2D eigenvalue weighted by Gasteiger charge is -2.27. The molecule has 0 bridgehead atoms. The lowest BCUT2D eigenvalue weighted by Crippen LogP contribution is -2.36. The summed E-state index contributed by atoms with van der Waals surface area (Å²) in [4.78, 5) is 25.3. The van der Waals surface area contributed by atoms with Crippen molar-refractivity contribution in [1.29, 1.82) is 0 Å². The summed E-state index contributed by atoms with van der Waals surface area (Å²) in [5.74, 6) is -0.717. The van der Waals surface area contributed by atoms with Crippen molar-refractivity contribution < 1.29 is 14.7 Å². The molecule has 0 saturated carbocycles. The molecule has 2 aliphatic rings. The lowest BCUT2D eigenvalue weighted by atomic mass is 10.0. The molecule has 4 rings (SSSR count). The summed E-state index contributed by atoms with van der Waals surface area (Å²) in [6.07, 6.45) is 3.46. The third-order valence-electron chi connectivity index (χ3n) is 4.43. The third kappa shape index (κ3) is 2.01. The van der Waals surface area contributed by atoms with Gasteiger partial charge in [-0.15, -0.1) is 0 Å². The van der Waals surface area contributed by atoms with E-state index in [9.17, 15) is 14.7 Å². The molecule has 5 nitrogen and oxygen atoms in total. The summed E-state index contributed by atoms with van der Waals surface area (Å²) >= 11 is 0. The van der Waals surface area contributed by atoms with E-state index in [1.807, 2.05) is 39.8 Å². The summed E-state index contributed by atoms with van der Waals surface area (Å²) in [6, 6.07) is 7.84. The van der Waals surface area contributed by atoms with Crippen LogP contribution in [0.2, 0.25) is 0 Å². The van der Waals surface area contributed by atoms with E-state index in [0.717, 1.165) is 34.2 Å². The number of para-hydroxylation sites is 1. The molecule has 0 unspecified atom stereocenters. The minimum Gasteiger partial charge on any atom is -0.480 e. The number of allylic oxidation sites excluding steroid dienone is 1. The highest BCUT2D eigenvalue weighted by Gasteiger charge is 2.30. The number of carboxylic acid groups (broad SMARTS) is 1. The van der Waals surface area contributed by atoms with E-state index in [4.69, 9.17) is 0 Å². The highest BCUT2D eigenvalue weighted by molar-refractivity contribution is 5.98. The molecule has 1 aliphatic heterocycles. The number of carbonyl (C=O) groups is 2. The highest BCUT2D eigenvalue weighted by Crippen LogP contribution is 2.32. The molecule has 1 aromatic heterocycles. The molecular weight excluding hydrogens is 280 g/mol. The predicted octanol–water partition coefficient (Wildman–Crippen LogP) is 1.94. The molecular formula is C17H16N2O3. The average molecular weight is 296 g/mol. The first-order valence-corrected chi connectivity index (χ1v) is 7.44. The smallest absolute Gasteiger partial charge is 0.323 e. The number of nitrogens with zero attached hydrogens (tertiary/aromatic N) is 2. The fourth-order valence-electron chi connectivity index (χ4n) is 3.32. The second-order valence-corrected chi connectivity index (χ2v) is 5.83. The summed E-state index contributed by atoms with van der Waals surface area (Å²) in [5.41, 5.74) is 3.99. The van der Waals surface area contributed by atoms with E-state index in [1.165, 1.54) is 0 Å². The van der Waals surface area contributed by atoms with Crippen LogP contribution in [0.3, 0.4) is 0 Å². The van der Waals surface area contributed by atoms with Gasteiger partial charge >= 0.3 is 5.97 Å². The first-order chi connectivity index (χ1) is 10.6. The highest BCUT2D eigenvalue weighted by atomic mass is 16.4. The third-order valence-corrected chi connectivity index (χ3v) is 4.43. The number of benzene rings is 1. The Bertz CT molecular complexity index is 832. The van der Waals surface area contributed by atoms with Crippen LogP contribution in [0.1, 0.15) is 17.7 Å². The van der Waals surface area contributed by atoms with Crippen molar-refractivity contribution in [3.63, 3.8) is 0 Å². The number of carbonyl (C=O) groups excluding carboxylic acids is 1. The second kappa shape index (κ2) is 4.73. The van der Waals surface area contributed by atoms with Crippen LogP contribution in [0, 0.1) is 0 Å². The van der Waals surface area contributed by atoms with E-state index in [-0.39, 0.29) is 12.5 Å². The van der Waals surface area contributed by atoms with Crippen molar-refractivity contribution >= 4 is 22.8 Å². The molecule has 1 aliphatic carbocycles. The van der Waals surface area contributed by atoms with Gasteiger partial charge in [0.15, 0.2) is 0 Å². The molecule has 1 N–H and O–H groups in total. The van der Waals surface area contributed by atoms with Crippen molar-refractivity contribution in [1.82, 2.24) is 9.47 Å². The van der Waals surface area contributed by atoms with Gasteiger partial charge in [-0.3, -0.25) is 9.59 Å². The maximum atomic E-state index is 12.2. The number of rotatable bonds is 3. The van der Waals surface area contributed by atoms with Crippen molar-refractivity contribution in [3.05, 3.63) is 47.2 Å². The van der Waals surface area contributed by atoms with Gasteiger partial charge in [0, 0.05) is 47.2 Å². The van der Waals surface area contributed by atoms with Crippen molar-refractivity contribution in [2.75, 3.05) is 6.54 Å². The second-order valence-electron chi connectivity index (χ2n) is 5.83. The Morgan fingerprint density at radius 1 is 1.23 bits per heavy atom. The van der Waals surface area contributed by atoms with Gasteiger partial charge in [-0.1, -0.05) is 24.3 Å². The van der Waals surface area contributed by atoms with Gasteiger partial charge in [-0.25, -0.2) is 0 Å². The van der Waals surface area contributed by atoms with Crippen LogP contribution in [0.15, 0.2) is 35.9 Å². The van der Waals surface area contributed by atoms with Crippen molar-refractivity contribution in [2.24, 2.45) is 0 Å². The first kappa shape index (κ1) is 13.1. The summed E-state index contributed by atoms with van der Waals surface area (Å²) in [6.45, 7) is 1.19. The summed E-state index contributed by atoms with van der Waals surface area (Å²) < 4.78 is 1.88. The minimum atomic E-state index is -0.842. The molecule has 112 valence electrons. The number of carboxylic acids is 1. The van der Waals surface area contributed by atoms with Crippen LogP contribution in [-0.2, 0) is 29.1 Å². The largest absolute Gasteiger partial charge is 0.480 e. The monoisotopic (exact) mass is 296 g/mol. The summed E-state index contributed by atoms with van der Waals surface area (Å²) in [7, 11) is 0. The molecule has 0 fully saturated rings. The fraction of sp³-hybridized carbons (Fsp3) is 0.294. The van der Waals surface area contributed by atoms with Gasteiger partial charge in [0.05, 0.1) is 0 Å². The zero-order chi connectivity index (χ0) is 15.3. The number of hydrogen-bond donors (Lipinski definition) is 1. The normalized spacial score (nSPS) is 16.4. The SMILES string of the molecule is O=C(O)Cn1c2c(c3ccccc31)CN(C(=O)C1=CC1)CC2. The van der Waals surface area contributed by atoms with E-state index in [1.54, 1.807) is 0 Å². The number of aliphatic carboxylic acids is 1. The van der Waals surface area contributed by atoms with E-state index < -0.39 is 5.97 Å². The Labute approximate surface area is 127 Å². The number of aromatic nitrogens is 1. The van der Waals surface area contributed by atoms with Crippen molar-refractivity contribution in [2.45, 2.75) is 25.9 Å². The molecule has 1 amide bonds. The molecule has 22 heavy (non-hydrogen) atoms. The Hall–Kier alpha value is -2.56. The number of amides is 1. The maximum Gasteiger partial charge on any atom is 0.323 e. The Balaban J connectivity index is 1.79. The predicted molar refractivity (Wildman–Crippen MR) is 81.4 cm³/mol. The molecule has 5 heteroatoms. The fourth-order valence-corrected chi connectivity index (χ4v) is 3.32. The minimum absolute atomic E-state index is 0.0328. The van der Waals surface area contributed by atoms with E-state index in [0.29, 0.717) is 19.5 Å². The van der Waals surface area contributed by atoms with Crippen LogP contribution >= 0.6 is 0 Å². The molecule has 0 radical (unpaired) electrons. The summed E-state index contributed by atoms with van der Waals surface area (Å²) in [5, 5.41) is 10.2. The lowest BCUT2D eigenvalue weighted by molar-refractivity contribution is -0.137. The molecule has 2 heterocycles. The van der Waals surface area contributed by atoms with Crippen LogP contribution in [-0.4, -0.2) is 33.0 Å². The zero-order valence-electron chi connectivity index (χ0n) is 12.1. The number of hydrogen-bond acceptors (Lipinski definition) is 2. The van der Waals surface area contributed by atoms with Gasteiger partial charge in [0.1, 0.15) is 6.54 Å². The maximum absolute atomic E-state index is 12.2. The Kier molecular flexibility index (Phi) is 2.82. The Morgan fingerprint density at radius 2 is 2.00 bits per heavy atom. The first-order valence-electron chi connectivity index (χ1n) is 7.44.